The van der Waals surface area contributed by atoms with Crippen molar-refractivity contribution in [1.82, 2.24) is 4.98 Å². The highest BCUT2D eigenvalue weighted by atomic mass is 79.9. The minimum absolute atomic E-state index is 0.352. The van der Waals surface area contributed by atoms with Crippen LogP contribution in [0.2, 0.25) is 15.2 Å². The molecule has 9 heavy (non-hydrogen) atoms. The number of rotatable bonds is 0. The molecular weight excluding hydrogens is 248 g/mol. The lowest BCUT2D eigenvalue weighted by Crippen LogP contribution is -1.57. The second kappa shape index (κ2) is 2.70. The maximum absolute atomic E-state index is 5.60. The van der Waals surface area contributed by atoms with E-state index in [4.69, 9.17) is 34.8 Å². The topological polar surface area (TPSA) is 15.8 Å². The van der Waals surface area contributed by atoms with Gasteiger partial charge in [0.25, 0.3) is 0 Å². The largest absolute Gasteiger partial charge is 0.338 e. The summed E-state index contributed by atoms with van der Waals surface area (Å²) in [6, 6.07) is 0. The van der Waals surface area contributed by atoms with Gasteiger partial charge in [0.2, 0.25) is 0 Å². The standard InChI is InChI=1S/C4HBrCl3N/c5-3-1(6)2(7)4(8)9-3/h9H. The molecule has 1 heterocycles. The number of aromatic nitrogens is 1. The van der Waals surface area contributed by atoms with E-state index in [-0.39, 0.29) is 0 Å². The first-order valence-electron chi connectivity index (χ1n) is 2.01. The predicted octanol–water partition coefficient (Wildman–Crippen LogP) is 3.74. The van der Waals surface area contributed by atoms with Gasteiger partial charge in [-0.25, -0.2) is 0 Å². The third-order valence-corrected chi connectivity index (χ3v) is 2.85. The second-order valence-electron chi connectivity index (χ2n) is 1.38. The van der Waals surface area contributed by atoms with Gasteiger partial charge in [-0.1, -0.05) is 34.8 Å². The van der Waals surface area contributed by atoms with Crippen LogP contribution in [0.25, 0.3) is 0 Å². The Morgan fingerprint density at radius 2 is 1.67 bits per heavy atom. The molecule has 5 heteroatoms. The van der Waals surface area contributed by atoms with Crippen molar-refractivity contribution in [2.75, 3.05) is 0 Å². The molecule has 0 saturated carbocycles. The third kappa shape index (κ3) is 1.37. The van der Waals surface area contributed by atoms with Crippen LogP contribution in [0.15, 0.2) is 4.60 Å². The summed E-state index contributed by atoms with van der Waals surface area (Å²) in [5.41, 5.74) is 0. The first kappa shape index (κ1) is 7.73. The molecule has 0 aliphatic carbocycles. The number of nitrogens with one attached hydrogen (secondary N) is 1. The Morgan fingerprint density at radius 3 is 1.78 bits per heavy atom. The van der Waals surface area contributed by atoms with Crippen LogP contribution in [0.4, 0.5) is 0 Å². The maximum Gasteiger partial charge on any atom is 0.127 e. The molecule has 0 unspecified atom stereocenters. The van der Waals surface area contributed by atoms with Crippen molar-refractivity contribution in [2.45, 2.75) is 0 Å². The average molecular weight is 249 g/mol. The lowest BCUT2D eigenvalue weighted by molar-refractivity contribution is 1.36. The summed E-state index contributed by atoms with van der Waals surface area (Å²) in [6.07, 6.45) is 0. The molecule has 0 amide bonds. The maximum atomic E-state index is 5.60. The highest BCUT2D eigenvalue weighted by molar-refractivity contribution is 9.10. The van der Waals surface area contributed by atoms with Crippen molar-refractivity contribution in [1.29, 1.82) is 0 Å². The molecule has 0 radical (unpaired) electrons. The second-order valence-corrected chi connectivity index (χ2v) is 3.31. The molecule has 1 aromatic rings. The molecule has 0 fully saturated rings. The first-order chi connectivity index (χ1) is 4.13. The van der Waals surface area contributed by atoms with Crippen molar-refractivity contribution in [2.24, 2.45) is 0 Å². The van der Waals surface area contributed by atoms with Crippen molar-refractivity contribution >= 4 is 50.7 Å². The summed E-state index contributed by atoms with van der Waals surface area (Å²) in [6.45, 7) is 0. The number of hydrogen-bond donors (Lipinski definition) is 1. The fourth-order valence-electron chi connectivity index (χ4n) is 0.399. The molecule has 0 saturated heterocycles. The number of halogens is 4. The molecule has 0 aromatic carbocycles. The Bertz CT molecular complexity index is 209. The van der Waals surface area contributed by atoms with E-state index < -0.39 is 0 Å². The quantitative estimate of drug-likeness (QED) is 0.721. The summed E-state index contributed by atoms with van der Waals surface area (Å²) in [5, 5.41) is 1.13. The summed E-state index contributed by atoms with van der Waals surface area (Å²) >= 11 is 19.8. The Hall–Kier alpha value is 0.630. The molecule has 0 bridgehead atoms. The molecular formula is C4HBrCl3N. The van der Waals surface area contributed by atoms with Crippen LogP contribution >= 0.6 is 50.7 Å². The van der Waals surface area contributed by atoms with Gasteiger partial charge < -0.3 is 4.98 Å². The molecule has 0 aliphatic rings. The van der Waals surface area contributed by atoms with Gasteiger partial charge in [-0.05, 0) is 15.9 Å². The van der Waals surface area contributed by atoms with Crippen molar-refractivity contribution < 1.29 is 0 Å². The Labute approximate surface area is 75.4 Å². The van der Waals surface area contributed by atoms with Crippen molar-refractivity contribution in [3.63, 3.8) is 0 Å². The van der Waals surface area contributed by atoms with Gasteiger partial charge in [0.1, 0.15) is 9.76 Å². The van der Waals surface area contributed by atoms with E-state index in [9.17, 15) is 0 Å². The lowest BCUT2D eigenvalue weighted by Gasteiger charge is -1.80. The molecule has 0 atom stereocenters. The molecule has 1 rings (SSSR count). The van der Waals surface area contributed by atoms with Crippen LogP contribution in [-0.4, -0.2) is 4.98 Å². The monoisotopic (exact) mass is 247 g/mol. The van der Waals surface area contributed by atoms with Gasteiger partial charge >= 0.3 is 0 Å². The molecule has 50 valence electrons. The summed E-state index contributed by atoms with van der Waals surface area (Å²) in [4.78, 5) is 2.69. The van der Waals surface area contributed by atoms with Gasteiger partial charge in [0.15, 0.2) is 0 Å². The number of aromatic amines is 1. The minimum atomic E-state index is 0.352. The highest BCUT2D eigenvalue weighted by Crippen LogP contribution is 2.35. The molecule has 0 aliphatic heterocycles. The Morgan fingerprint density at radius 1 is 1.11 bits per heavy atom. The van der Waals surface area contributed by atoms with Gasteiger partial charge in [0.05, 0.1) is 10.0 Å². The van der Waals surface area contributed by atoms with Crippen LogP contribution in [0.3, 0.4) is 0 Å². The van der Waals surface area contributed by atoms with Gasteiger partial charge in [0, 0.05) is 0 Å². The zero-order chi connectivity index (χ0) is 7.02. The van der Waals surface area contributed by atoms with Gasteiger partial charge in [-0.15, -0.1) is 0 Å². The zero-order valence-corrected chi connectivity index (χ0v) is 7.87. The van der Waals surface area contributed by atoms with Crippen LogP contribution in [0, 0.1) is 0 Å². The minimum Gasteiger partial charge on any atom is -0.338 e. The summed E-state index contributed by atoms with van der Waals surface area (Å²) in [5.74, 6) is 0. The Balaban J connectivity index is 3.29. The highest BCUT2D eigenvalue weighted by Gasteiger charge is 2.09. The van der Waals surface area contributed by atoms with Crippen LogP contribution < -0.4 is 0 Å². The van der Waals surface area contributed by atoms with E-state index in [1.165, 1.54) is 0 Å². The van der Waals surface area contributed by atoms with E-state index in [1.54, 1.807) is 0 Å². The smallest absolute Gasteiger partial charge is 0.127 e. The average Bonchev–Trinajstić information content (AvgIpc) is 1.98. The molecule has 1 nitrogen and oxygen atoms in total. The van der Waals surface area contributed by atoms with Gasteiger partial charge in [-0.2, -0.15) is 0 Å². The zero-order valence-electron chi connectivity index (χ0n) is 4.01. The summed E-state index contributed by atoms with van der Waals surface area (Å²) in [7, 11) is 0. The number of hydrogen-bond acceptors (Lipinski definition) is 0. The fraction of sp³-hybridized carbons (Fsp3) is 0. The van der Waals surface area contributed by atoms with E-state index in [2.05, 4.69) is 20.9 Å². The SMILES string of the molecule is Clc1[nH]c(Br)c(Cl)c1Cl. The fourth-order valence-corrected chi connectivity index (χ4v) is 1.54. The van der Waals surface area contributed by atoms with Crippen molar-refractivity contribution in [3.8, 4) is 0 Å². The lowest BCUT2D eigenvalue weighted by atomic mass is 10.7. The Kier molecular flexibility index (Phi) is 2.32. The van der Waals surface area contributed by atoms with Crippen molar-refractivity contribution in [3.05, 3.63) is 19.8 Å². The van der Waals surface area contributed by atoms with Crippen LogP contribution in [0.1, 0.15) is 0 Å². The molecule has 0 spiro atoms. The number of H-pyrrole nitrogens is 1. The third-order valence-electron chi connectivity index (χ3n) is 0.798. The van der Waals surface area contributed by atoms with Crippen LogP contribution in [-0.2, 0) is 0 Å². The molecule has 1 N–H and O–H groups in total. The van der Waals surface area contributed by atoms with Gasteiger partial charge in [-0.3, -0.25) is 0 Å². The van der Waals surface area contributed by atoms with Crippen LogP contribution in [0.5, 0.6) is 0 Å². The van der Waals surface area contributed by atoms with E-state index in [1.807, 2.05) is 0 Å². The van der Waals surface area contributed by atoms with E-state index in [0.29, 0.717) is 19.8 Å². The normalized spacial score (nSPS) is 10.2. The van der Waals surface area contributed by atoms with E-state index >= 15 is 0 Å². The predicted molar refractivity (Wildman–Crippen MR) is 43.5 cm³/mol. The summed E-state index contributed by atoms with van der Waals surface area (Å²) < 4.78 is 0.610. The first-order valence-corrected chi connectivity index (χ1v) is 3.93. The molecule has 1 aromatic heterocycles. The van der Waals surface area contributed by atoms with E-state index in [0.717, 1.165) is 0 Å².